The Labute approximate surface area is 123 Å². The molecule has 2 heterocycles. The molecule has 2 aromatic rings. The second-order valence-corrected chi connectivity index (χ2v) is 5.37. The smallest absolute Gasteiger partial charge is 0.265 e. The minimum Gasteiger partial charge on any atom is -0.265 e. The average molecular weight is 314 g/mol. The topological polar surface area (TPSA) is 93.5 Å². The van der Waals surface area contributed by atoms with Gasteiger partial charge in [0, 0.05) is 19.5 Å². The van der Waals surface area contributed by atoms with E-state index in [-0.39, 0.29) is 0 Å². The van der Waals surface area contributed by atoms with Crippen LogP contribution >= 0.6 is 23.4 Å². The van der Waals surface area contributed by atoms with Crippen LogP contribution in [0.25, 0.3) is 0 Å². The van der Waals surface area contributed by atoms with Crippen molar-refractivity contribution < 1.29 is 0 Å². The molecule has 0 atom stereocenters. The number of hydrogen-bond acceptors (Lipinski definition) is 6. The lowest BCUT2D eigenvalue weighted by Gasteiger charge is -2.06. The predicted molar refractivity (Wildman–Crippen MR) is 75.3 cm³/mol. The summed E-state index contributed by atoms with van der Waals surface area (Å²) in [7, 11) is 1.59. The molecule has 0 radical (unpaired) electrons. The van der Waals surface area contributed by atoms with Crippen molar-refractivity contribution in [3.8, 4) is 0 Å². The van der Waals surface area contributed by atoms with Crippen molar-refractivity contribution in [2.75, 3.05) is 0 Å². The van der Waals surface area contributed by atoms with Crippen molar-refractivity contribution in [2.24, 2.45) is 7.05 Å². The van der Waals surface area contributed by atoms with Crippen molar-refractivity contribution >= 4 is 23.4 Å². The van der Waals surface area contributed by atoms with Crippen molar-refractivity contribution in [2.45, 2.75) is 29.9 Å². The van der Waals surface area contributed by atoms with Gasteiger partial charge in [-0.1, -0.05) is 18.5 Å². The molecule has 9 heteroatoms. The van der Waals surface area contributed by atoms with Gasteiger partial charge in [0.25, 0.3) is 0 Å². The molecule has 0 aliphatic heterocycles. The summed E-state index contributed by atoms with van der Waals surface area (Å²) >= 11 is 7.07. The molecule has 1 N–H and O–H groups in total. The highest BCUT2D eigenvalue weighted by atomic mass is 35.5. The molecule has 0 aliphatic rings. The van der Waals surface area contributed by atoms with Gasteiger partial charge < -0.3 is 0 Å². The Balaban J connectivity index is 2.37. The maximum Gasteiger partial charge on any atom is 0.339 e. The summed E-state index contributed by atoms with van der Waals surface area (Å²) in [6.07, 6.45) is 1.62. The Morgan fingerprint density at radius 3 is 2.80 bits per heavy atom. The van der Waals surface area contributed by atoms with Crippen LogP contribution in [0.2, 0.25) is 5.15 Å². The molecular weight excluding hydrogens is 302 g/mol. The van der Waals surface area contributed by atoms with Crippen molar-refractivity contribution in [1.29, 1.82) is 0 Å². The Kier molecular flexibility index (Phi) is 4.56. The van der Waals surface area contributed by atoms with Crippen LogP contribution in [0.5, 0.6) is 0 Å². The normalized spacial score (nSPS) is 10.8. The molecule has 0 unspecified atom stereocenters. The lowest BCUT2D eigenvalue weighted by Crippen LogP contribution is -2.33. The van der Waals surface area contributed by atoms with Crippen LogP contribution in [0, 0.1) is 0 Å². The monoisotopic (exact) mass is 313 g/mol. The standard InChI is InChI=1S/C11H12ClN5O2S/c1-3-4-7-13-6(12)5-8(14-7)20-11-15-9(18)10(19)16-17(11)2/h5H,3-4H2,1-2H3,(H,16,19). The fourth-order valence-electron chi connectivity index (χ4n) is 1.48. The second kappa shape index (κ2) is 6.19. The summed E-state index contributed by atoms with van der Waals surface area (Å²) in [5.41, 5.74) is -1.59. The molecular formula is C11H12ClN5O2S. The van der Waals surface area contributed by atoms with Gasteiger partial charge in [-0.25, -0.2) is 9.97 Å². The zero-order chi connectivity index (χ0) is 14.7. The van der Waals surface area contributed by atoms with E-state index in [1.54, 1.807) is 13.1 Å². The first-order valence-corrected chi connectivity index (χ1v) is 7.07. The maximum absolute atomic E-state index is 11.3. The number of rotatable bonds is 4. The van der Waals surface area contributed by atoms with E-state index >= 15 is 0 Å². The van der Waals surface area contributed by atoms with Crippen molar-refractivity contribution in [3.05, 3.63) is 37.8 Å². The fraction of sp³-hybridized carbons (Fsp3) is 0.364. The van der Waals surface area contributed by atoms with E-state index in [9.17, 15) is 9.59 Å². The van der Waals surface area contributed by atoms with Crippen LogP contribution in [-0.4, -0.2) is 24.7 Å². The highest BCUT2D eigenvalue weighted by Gasteiger charge is 2.09. The van der Waals surface area contributed by atoms with Gasteiger partial charge >= 0.3 is 11.1 Å². The summed E-state index contributed by atoms with van der Waals surface area (Å²) < 4.78 is 1.36. The van der Waals surface area contributed by atoms with Crippen LogP contribution in [0.1, 0.15) is 19.2 Å². The van der Waals surface area contributed by atoms with Gasteiger partial charge in [0.15, 0.2) is 5.16 Å². The largest absolute Gasteiger partial charge is 0.339 e. The lowest BCUT2D eigenvalue weighted by atomic mass is 10.3. The zero-order valence-electron chi connectivity index (χ0n) is 10.9. The van der Waals surface area contributed by atoms with Gasteiger partial charge in [-0.3, -0.25) is 19.4 Å². The highest BCUT2D eigenvalue weighted by molar-refractivity contribution is 7.99. The summed E-state index contributed by atoms with van der Waals surface area (Å²) in [5.74, 6) is 0.636. The van der Waals surface area contributed by atoms with Crippen LogP contribution < -0.4 is 11.1 Å². The van der Waals surface area contributed by atoms with Gasteiger partial charge in [0.05, 0.1) is 0 Å². The van der Waals surface area contributed by atoms with E-state index in [4.69, 9.17) is 11.6 Å². The molecule has 0 saturated heterocycles. The number of H-pyrrole nitrogens is 1. The summed E-state index contributed by atoms with van der Waals surface area (Å²) in [5, 5.41) is 3.60. The maximum atomic E-state index is 11.3. The molecule has 106 valence electrons. The Morgan fingerprint density at radius 2 is 2.10 bits per heavy atom. The van der Waals surface area contributed by atoms with E-state index in [1.165, 1.54) is 4.68 Å². The van der Waals surface area contributed by atoms with Gasteiger partial charge in [-0.2, -0.15) is 4.98 Å². The summed E-state index contributed by atoms with van der Waals surface area (Å²) in [4.78, 5) is 34.6. The van der Waals surface area contributed by atoms with E-state index in [1.807, 2.05) is 6.92 Å². The van der Waals surface area contributed by atoms with Crippen LogP contribution in [0.4, 0.5) is 0 Å². The van der Waals surface area contributed by atoms with Gasteiger partial charge in [-0.15, -0.1) is 0 Å². The van der Waals surface area contributed by atoms with Crippen LogP contribution in [0.15, 0.2) is 25.8 Å². The molecule has 2 rings (SSSR count). The number of halogens is 1. The fourth-order valence-corrected chi connectivity index (χ4v) is 2.56. The molecule has 0 spiro atoms. The minimum atomic E-state index is -0.834. The minimum absolute atomic E-state index is 0.326. The molecule has 7 nitrogen and oxygen atoms in total. The molecule has 0 fully saturated rings. The molecule has 0 bridgehead atoms. The number of aromatic nitrogens is 5. The number of nitrogens with one attached hydrogen (secondary N) is 1. The van der Waals surface area contributed by atoms with E-state index in [2.05, 4.69) is 20.1 Å². The van der Waals surface area contributed by atoms with Crippen LogP contribution in [-0.2, 0) is 13.5 Å². The molecule has 0 saturated carbocycles. The second-order valence-electron chi connectivity index (χ2n) is 4.00. The molecule has 0 aliphatic carbocycles. The van der Waals surface area contributed by atoms with E-state index in [0.717, 1.165) is 18.2 Å². The first-order chi connectivity index (χ1) is 9.49. The summed E-state index contributed by atoms with van der Waals surface area (Å²) in [6.45, 7) is 2.02. The zero-order valence-corrected chi connectivity index (χ0v) is 12.5. The lowest BCUT2D eigenvalue weighted by molar-refractivity contribution is 0.596. The third kappa shape index (κ3) is 3.45. The highest BCUT2D eigenvalue weighted by Crippen LogP contribution is 2.24. The van der Waals surface area contributed by atoms with Crippen LogP contribution in [0.3, 0.4) is 0 Å². The SMILES string of the molecule is CCCc1nc(Cl)cc(Sc2nc(=O)c(=O)[nH]n2C)n1. The van der Waals surface area contributed by atoms with E-state index in [0.29, 0.717) is 27.6 Å². The number of aryl methyl sites for hydroxylation is 2. The molecule has 2 aromatic heterocycles. The first-order valence-electron chi connectivity index (χ1n) is 5.88. The third-order valence-electron chi connectivity index (χ3n) is 2.33. The van der Waals surface area contributed by atoms with Crippen molar-refractivity contribution in [1.82, 2.24) is 24.7 Å². The predicted octanol–water partition coefficient (Wildman–Crippen LogP) is 1.02. The van der Waals surface area contributed by atoms with Crippen molar-refractivity contribution in [3.63, 3.8) is 0 Å². The quantitative estimate of drug-likeness (QED) is 0.669. The summed E-state index contributed by atoms with van der Waals surface area (Å²) in [6, 6.07) is 1.59. The first kappa shape index (κ1) is 14.7. The number of nitrogens with zero attached hydrogens (tertiary/aromatic N) is 4. The van der Waals surface area contributed by atoms with Gasteiger partial charge in [0.1, 0.15) is 16.0 Å². The molecule has 20 heavy (non-hydrogen) atoms. The van der Waals surface area contributed by atoms with Gasteiger partial charge in [-0.05, 0) is 18.2 Å². The van der Waals surface area contributed by atoms with Gasteiger partial charge in [0.2, 0.25) is 0 Å². The third-order valence-corrected chi connectivity index (χ3v) is 3.49. The Hall–Kier alpha value is -1.67. The average Bonchev–Trinajstić information content (AvgIpc) is 2.35. The number of hydrogen-bond donors (Lipinski definition) is 1. The number of aromatic amines is 1. The Morgan fingerprint density at radius 1 is 1.35 bits per heavy atom. The Bertz CT molecular complexity index is 742. The van der Waals surface area contributed by atoms with E-state index < -0.39 is 11.1 Å². The molecule has 0 aromatic carbocycles. The molecule has 0 amide bonds.